The molecule has 1 amide bonds. The topological polar surface area (TPSA) is 64.3 Å². The van der Waals surface area contributed by atoms with Crippen LogP contribution in [0.2, 0.25) is 0 Å². The normalized spacial score (nSPS) is 10.2. The summed E-state index contributed by atoms with van der Waals surface area (Å²) in [6.07, 6.45) is 0.958. The van der Waals surface area contributed by atoms with Gasteiger partial charge in [0.25, 0.3) is 0 Å². The fourth-order valence-corrected chi connectivity index (χ4v) is 2.16. The number of carbonyl (C=O) groups is 1. The number of hydrazine groups is 1. The minimum Gasteiger partial charge on any atom is -0.492 e. The van der Waals surface area contributed by atoms with E-state index >= 15 is 0 Å². The molecule has 100 valence electrons. The Bertz CT molecular complexity index is 397. The average molecular weight is 268 g/mol. The number of aryl methyl sites for hydroxylation is 2. The maximum atomic E-state index is 10.9. The molecule has 0 bridgehead atoms. The third-order valence-corrected chi connectivity index (χ3v) is 3.40. The molecule has 0 saturated heterocycles. The smallest absolute Gasteiger partial charge is 0.243 e. The molecule has 3 N–H and O–H groups in total. The van der Waals surface area contributed by atoms with Crippen molar-refractivity contribution in [2.45, 2.75) is 20.3 Å². The molecule has 0 heterocycles. The van der Waals surface area contributed by atoms with Crippen LogP contribution in [0.3, 0.4) is 0 Å². The van der Waals surface area contributed by atoms with Gasteiger partial charge >= 0.3 is 0 Å². The van der Waals surface area contributed by atoms with Crippen LogP contribution in [0.1, 0.15) is 18.1 Å². The average Bonchev–Trinajstić information content (AvgIpc) is 2.39. The van der Waals surface area contributed by atoms with Crippen molar-refractivity contribution in [2.24, 2.45) is 5.84 Å². The molecule has 0 aromatic heterocycles. The Morgan fingerprint density at radius 2 is 2.28 bits per heavy atom. The highest BCUT2D eigenvalue weighted by Crippen LogP contribution is 2.20. The minimum atomic E-state index is -0.162. The van der Waals surface area contributed by atoms with E-state index in [9.17, 15) is 4.79 Å². The van der Waals surface area contributed by atoms with Gasteiger partial charge in [0.2, 0.25) is 5.91 Å². The summed E-state index contributed by atoms with van der Waals surface area (Å²) in [7, 11) is 0. The molecule has 5 heteroatoms. The van der Waals surface area contributed by atoms with E-state index in [0.29, 0.717) is 12.4 Å². The van der Waals surface area contributed by atoms with Crippen molar-refractivity contribution in [1.82, 2.24) is 5.43 Å². The second-order valence-corrected chi connectivity index (χ2v) is 5.04. The zero-order valence-corrected chi connectivity index (χ0v) is 11.7. The van der Waals surface area contributed by atoms with Crippen LogP contribution >= 0.6 is 11.8 Å². The largest absolute Gasteiger partial charge is 0.492 e. The van der Waals surface area contributed by atoms with Crippen LogP contribution in [0.4, 0.5) is 0 Å². The number of thioether (sulfide) groups is 1. The summed E-state index contributed by atoms with van der Waals surface area (Å²) in [5.41, 5.74) is 4.56. The molecular weight excluding hydrogens is 248 g/mol. The van der Waals surface area contributed by atoms with Gasteiger partial charge in [0, 0.05) is 5.75 Å². The molecule has 0 spiro atoms. The van der Waals surface area contributed by atoms with E-state index in [1.807, 2.05) is 12.1 Å². The van der Waals surface area contributed by atoms with E-state index in [1.54, 1.807) is 0 Å². The van der Waals surface area contributed by atoms with Gasteiger partial charge in [-0.2, -0.15) is 0 Å². The van der Waals surface area contributed by atoms with Crippen molar-refractivity contribution in [3.63, 3.8) is 0 Å². The summed E-state index contributed by atoms with van der Waals surface area (Å²) < 4.78 is 5.71. The maximum Gasteiger partial charge on any atom is 0.243 e. The van der Waals surface area contributed by atoms with Gasteiger partial charge in [0.15, 0.2) is 0 Å². The summed E-state index contributed by atoms with van der Waals surface area (Å²) in [6.45, 7) is 4.78. The van der Waals surface area contributed by atoms with Gasteiger partial charge < -0.3 is 4.74 Å². The molecule has 0 unspecified atom stereocenters. The monoisotopic (exact) mass is 268 g/mol. The lowest BCUT2D eigenvalue weighted by Crippen LogP contribution is -2.31. The third-order valence-electron chi connectivity index (χ3n) is 2.48. The molecule has 0 radical (unpaired) electrons. The van der Waals surface area contributed by atoms with E-state index in [4.69, 9.17) is 10.6 Å². The minimum absolute atomic E-state index is 0.162. The zero-order valence-electron chi connectivity index (χ0n) is 10.9. The molecule has 0 saturated carbocycles. The SMILES string of the molecule is CCc1cc(C)ccc1OCCSCC(=O)NN. The van der Waals surface area contributed by atoms with Crippen LogP contribution in [-0.4, -0.2) is 24.0 Å². The van der Waals surface area contributed by atoms with E-state index in [2.05, 4.69) is 25.3 Å². The van der Waals surface area contributed by atoms with Crippen molar-refractivity contribution in [2.75, 3.05) is 18.1 Å². The first-order valence-corrected chi connectivity index (χ1v) is 7.12. The summed E-state index contributed by atoms with van der Waals surface area (Å²) in [5.74, 6) is 6.90. The van der Waals surface area contributed by atoms with Crippen LogP contribution in [0.5, 0.6) is 5.75 Å². The summed E-state index contributed by atoms with van der Waals surface area (Å²) >= 11 is 1.50. The first-order valence-electron chi connectivity index (χ1n) is 5.97. The molecule has 0 aliphatic heterocycles. The molecule has 0 fully saturated rings. The Labute approximate surface area is 112 Å². The number of rotatable bonds is 7. The Morgan fingerprint density at radius 1 is 1.50 bits per heavy atom. The number of nitrogens with two attached hydrogens (primary N) is 1. The molecule has 1 rings (SSSR count). The third kappa shape index (κ3) is 4.98. The Balaban J connectivity index is 2.33. The van der Waals surface area contributed by atoms with Crippen molar-refractivity contribution in [3.8, 4) is 5.75 Å². The van der Waals surface area contributed by atoms with Gasteiger partial charge in [-0.25, -0.2) is 5.84 Å². The number of nitrogens with one attached hydrogen (secondary N) is 1. The van der Waals surface area contributed by atoms with Crippen molar-refractivity contribution < 1.29 is 9.53 Å². The number of hydrogen-bond donors (Lipinski definition) is 2. The fourth-order valence-electron chi connectivity index (χ4n) is 1.54. The van der Waals surface area contributed by atoms with Crippen LogP contribution in [0.15, 0.2) is 18.2 Å². The Hall–Kier alpha value is -1.20. The maximum absolute atomic E-state index is 10.9. The van der Waals surface area contributed by atoms with E-state index in [0.717, 1.165) is 17.9 Å². The fraction of sp³-hybridized carbons (Fsp3) is 0.462. The molecule has 0 aliphatic rings. The quantitative estimate of drug-likeness (QED) is 0.342. The first kappa shape index (κ1) is 14.9. The number of carbonyl (C=O) groups excluding carboxylic acids is 1. The van der Waals surface area contributed by atoms with E-state index in [-0.39, 0.29) is 5.91 Å². The van der Waals surface area contributed by atoms with Gasteiger partial charge in [-0.3, -0.25) is 10.2 Å². The van der Waals surface area contributed by atoms with Crippen LogP contribution in [-0.2, 0) is 11.2 Å². The van der Waals surface area contributed by atoms with E-state index in [1.165, 1.54) is 22.9 Å². The van der Waals surface area contributed by atoms with Crippen molar-refractivity contribution >= 4 is 17.7 Å². The van der Waals surface area contributed by atoms with Crippen LogP contribution in [0, 0.1) is 6.92 Å². The second kappa shape index (κ2) is 8.00. The molecule has 1 aromatic carbocycles. The number of benzene rings is 1. The van der Waals surface area contributed by atoms with E-state index < -0.39 is 0 Å². The summed E-state index contributed by atoms with van der Waals surface area (Å²) in [6, 6.07) is 6.19. The lowest BCUT2D eigenvalue weighted by Gasteiger charge is -2.11. The van der Waals surface area contributed by atoms with Gasteiger partial charge in [0.1, 0.15) is 5.75 Å². The predicted molar refractivity (Wildman–Crippen MR) is 75.7 cm³/mol. The van der Waals surface area contributed by atoms with Crippen molar-refractivity contribution in [1.29, 1.82) is 0 Å². The standard InChI is InChI=1S/C13H20N2O2S/c1-3-11-8-10(2)4-5-12(11)17-6-7-18-9-13(16)15-14/h4-5,8H,3,6-7,9,14H2,1-2H3,(H,15,16). The molecule has 0 atom stereocenters. The summed E-state index contributed by atoms with van der Waals surface area (Å²) in [5, 5.41) is 0. The zero-order chi connectivity index (χ0) is 13.4. The van der Waals surface area contributed by atoms with Gasteiger partial charge in [-0.15, -0.1) is 11.8 Å². The van der Waals surface area contributed by atoms with Gasteiger partial charge in [0.05, 0.1) is 12.4 Å². The highest BCUT2D eigenvalue weighted by Gasteiger charge is 2.03. The van der Waals surface area contributed by atoms with Crippen LogP contribution in [0.25, 0.3) is 0 Å². The molecule has 18 heavy (non-hydrogen) atoms. The predicted octanol–water partition coefficient (Wildman–Crippen LogP) is 1.66. The molecular formula is C13H20N2O2S. The second-order valence-electron chi connectivity index (χ2n) is 3.93. The highest BCUT2D eigenvalue weighted by molar-refractivity contribution is 7.99. The van der Waals surface area contributed by atoms with Crippen LogP contribution < -0.4 is 16.0 Å². The Kier molecular flexibility index (Phi) is 6.60. The van der Waals surface area contributed by atoms with Gasteiger partial charge in [-0.05, 0) is 25.0 Å². The lowest BCUT2D eigenvalue weighted by atomic mass is 10.1. The first-order chi connectivity index (χ1) is 8.67. The number of amides is 1. The lowest BCUT2D eigenvalue weighted by molar-refractivity contribution is -0.118. The molecule has 4 nitrogen and oxygen atoms in total. The molecule has 1 aromatic rings. The molecule has 0 aliphatic carbocycles. The number of hydrogen-bond acceptors (Lipinski definition) is 4. The Morgan fingerprint density at radius 3 is 2.94 bits per heavy atom. The van der Waals surface area contributed by atoms with Gasteiger partial charge in [-0.1, -0.05) is 24.6 Å². The number of ether oxygens (including phenoxy) is 1. The highest BCUT2D eigenvalue weighted by atomic mass is 32.2. The van der Waals surface area contributed by atoms with Crippen molar-refractivity contribution in [3.05, 3.63) is 29.3 Å². The summed E-state index contributed by atoms with van der Waals surface area (Å²) in [4.78, 5) is 10.9.